The Labute approximate surface area is 191 Å². The molecule has 0 aliphatic carbocycles. The largest absolute Gasteiger partial charge is 0.497 e. The molecule has 4 rings (SSSR count). The molecule has 0 aliphatic heterocycles. The standard InChI is InChI=1S/C25H25N3O3S/c1-15-8-5-12-21(26-15)27-23(18-9-6-10-19(14-18)30-4)22-16(2)17(3)32-25(22)28-24(29)20-11-7-13-31-20/h5-14,23H,1-4H3,(H,26,27)(H,28,29). The van der Waals surface area contributed by atoms with Gasteiger partial charge >= 0.3 is 0 Å². The molecule has 6 nitrogen and oxygen atoms in total. The number of ether oxygens (including phenoxy) is 1. The van der Waals surface area contributed by atoms with Crippen LogP contribution < -0.4 is 15.4 Å². The molecule has 0 spiro atoms. The molecule has 0 saturated carbocycles. The molecular weight excluding hydrogens is 422 g/mol. The molecule has 0 fully saturated rings. The van der Waals surface area contributed by atoms with Crippen molar-refractivity contribution in [3.63, 3.8) is 0 Å². The van der Waals surface area contributed by atoms with E-state index in [0.29, 0.717) is 0 Å². The summed E-state index contributed by atoms with van der Waals surface area (Å²) in [7, 11) is 1.65. The molecule has 0 bridgehead atoms. The smallest absolute Gasteiger partial charge is 0.291 e. The van der Waals surface area contributed by atoms with E-state index in [2.05, 4.69) is 29.5 Å². The highest BCUT2D eigenvalue weighted by Crippen LogP contribution is 2.41. The minimum atomic E-state index is -0.282. The van der Waals surface area contributed by atoms with Crippen LogP contribution in [0.1, 0.15) is 43.9 Å². The van der Waals surface area contributed by atoms with Crippen molar-refractivity contribution >= 4 is 28.1 Å². The Balaban J connectivity index is 1.80. The lowest BCUT2D eigenvalue weighted by Gasteiger charge is -2.23. The van der Waals surface area contributed by atoms with Crippen LogP contribution in [0.3, 0.4) is 0 Å². The molecule has 3 aromatic heterocycles. The monoisotopic (exact) mass is 447 g/mol. The number of amides is 1. The summed E-state index contributed by atoms with van der Waals surface area (Å²) in [6.45, 7) is 6.09. The molecule has 164 valence electrons. The Morgan fingerprint density at radius 2 is 1.91 bits per heavy atom. The van der Waals surface area contributed by atoms with Crippen LogP contribution in [0.25, 0.3) is 0 Å². The number of thiophene rings is 1. The minimum absolute atomic E-state index is 0.253. The maximum atomic E-state index is 12.8. The third-order valence-electron chi connectivity index (χ3n) is 5.30. The summed E-state index contributed by atoms with van der Waals surface area (Å²) in [5.41, 5.74) is 4.02. The van der Waals surface area contributed by atoms with Gasteiger partial charge in [0.05, 0.1) is 19.4 Å². The van der Waals surface area contributed by atoms with E-state index in [4.69, 9.17) is 9.15 Å². The average molecular weight is 448 g/mol. The lowest BCUT2D eigenvalue weighted by atomic mass is 9.96. The first-order chi connectivity index (χ1) is 15.5. The van der Waals surface area contributed by atoms with Gasteiger partial charge in [-0.2, -0.15) is 0 Å². The summed E-state index contributed by atoms with van der Waals surface area (Å²) in [5, 5.41) is 7.39. The van der Waals surface area contributed by atoms with Gasteiger partial charge in [-0.15, -0.1) is 11.3 Å². The molecule has 1 unspecified atom stereocenters. The number of carbonyl (C=O) groups excluding carboxylic acids is 1. The quantitative estimate of drug-likeness (QED) is 0.357. The van der Waals surface area contributed by atoms with Crippen LogP contribution in [0.15, 0.2) is 65.3 Å². The third-order valence-corrected chi connectivity index (χ3v) is 6.44. The summed E-state index contributed by atoms with van der Waals surface area (Å²) in [4.78, 5) is 18.5. The highest BCUT2D eigenvalue weighted by molar-refractivity contribution is 7.16. The minimum Gasteiger partial charge on any atom is -0.497 e. The number of carbonyl (C=O) groups is 1. The van der Waals surface area contributed by atoms with Crippen molar-refractivity contribution in [1.82, 2.24) is 4.98 Å². The lowest BCUT2D eigenvalue weighted by molar-refractivity contribution is 0.0997. The van der Waals surface area contributed by atoms with Crippen molar-refractivity contribution in [2.75, 3.05) is 17.7 Å². The van der Waals surface area contributed by atoms with Gasteiger partial charge in [-0.25, -0.2) is 4.98 Å². The van der Waals surface area contributed by atoms with Crippen molar-refractivity contribution in [3.05, 3.63) is 93.9 Å². The van der Waals surface area contributed by atoms with Gasteiger partial charge in [0.15, 0.2) is 5.76 Å². The van der Waals surface area contributed by atoms with Crippen LogP contribution in [-0.2, 0) is 0 Å². The van der Waals surface area contributed by atoms with E-state index in [0.717, 1.165) is 43.8 Å². The Kier molecular flexibility index (Phi) is 6.28. The highest BCUT2D eigenvalue weighted by atomic mass is 32.1. The fourth-order valence-electron chi connectivity index (χ4n) is 3.57. The fourth-order valence-corrected chi connectivity index (χ4v) is 4.67. The zero-order chi connectivity index (χ0) is 22.7. The molecule has 0 radical (unpaired) electrons. The number of methoxy groups -OCH3 is 1. The molecule has 0 aliphatic rings. The number of furan rings is 1. The molecule has 1 aromatic carbocycles. The van der Waals surface area contributed by atoms with Gasteiger partial charge < -0.3 is 19.8 Å². The predicted molar refractivity (Wildman–Crippen MR) is 128 cm³/mol. The zero-order valence-corrected chi connectivity index (χ0v) is 19.2. The summed E-state index contributed by atoms with van der Waals surface area (Å²) in [5.74, 6) is 1.50. The summed E-state index contributed by atoms with van der Waals surface area (Å²) < 4.78 is 10.7. The lowest BCUT2D eigenvalue weighted by Crippen LogP contribution is -2.18. The predicted octanol–water partition coefficient (Wildman–Crippen LogP) is 6.12. The van der Waals surface area contributed by atoms with E-state index in [1.807, 2.05) is 49.4 Å². The molecule has 1 amide bonds. The van der Waals surface area contributed by atoms with Crippen LogP contribution in [0.4, 0.5) is 10.8 Å². The van der Waals surface area contributed by atoms with E-state index < -0.39 is 0 Å². The normalized spacial score (nSPS) is 11.8. The number of nitrogens with zero attached hydrogens (tertiary/aromatic N) is 1. The Hall–Kier alpha value is -3.58. The molecule has 3 heterocycles. The SMILES string of the molecule is COc1cccc(C(Nc2cccc(C)n2)c2c(NC(=O)c3ccco3)sc(C)c2C)c1. The van der Waals surface area contributed by atoms with Gasteiger partial charge in [-0.05, 0) is 68.3 Å². The van der Waals surface area contributed by atoms with Crippen molar-refractivity contribution in [2.45, 2.75) is 26.8 Å². The number of rotatable bonds is 7. The van der Waals surface area contributed by atoms with Crippen LogP contribution >= 0.6 is 11.3 Å². The van der Waals surface area contributed by atoms with E-state index in [1.54, 1.807) is 30.6 Å². The van der Waals surface area contributed by atoms with Gasteiger partial charge in [0, 0.05) is 16.1 Å². The molecule has 7 heteroatoms. The Morgan fingerprint density at radius 1 is 1.09 bits per heavy atom. The van der Waals surface area contributed by atoms with Gasteiger partial charge in [-0.3, -0.25) is 4.79 Å². The third kappa shape index (κ3) is 4.53. The van der Waals surface area contributed by atoms with Gasteiger partial charge in [-0.1, -0.05) is 18.2 Å². The van der Waals surface area contributed by atoms with E-state index in [1.165, 1.54) is 6.26 Å². The van der Waals surface area contributed by atoms with E-state index in [-0.39, 0.29) is 17.7 Å². The van der Waals surface area contributed by atoms with E-state index >= 15 is 0 Å². The van der Waals surface area contributed by atoms with Crippen molar-refractivity contribution in [2.24, 2.45) is 0 Å². The van der Waals surface area contributed by atoms with Crippen molar-refractivity contribution in [1.29, 1.82) is 0 Å². The Morgan fingerprint density at radius 3 is 2.62 bits per heavy atom. The topological polar surface area (TPSA) is 76.4 Å². The number of nitrogens with one attached hydrogen (secondary N) is 2. The number of hydrogen-bond acceptors (Lipinski definition) is 6. The van der Waals surface area contributed by atoms with Crippen molar-refractivity contribution in [3.8, 4) is 5.75 Å². The number of pyridine rings is 1. The van der Waals surface area contributed by atoms with E-state index in [9.17, 15) is 4.79 Å². The number of hydrogen-bond donors (Lipinski definition) is 2. The van der Waals surface area contributed by atoms with Gasteiger partial charge in [0.2, 0.25) is 0 Å². The van der Waals surface area contributed by atoms with Crippen molar-refractivity contribution < 1.29 is 13.9 Å². The van der Waals surface area contributed by atoms with Crippen LogP contribution in [0, 0.1) is 20.8 Å². The zero-order valence-electron chi connectivity index (χ0n) is 18.4. The second kappa shape index (κ2) is 9.28. The maximum absolute atomic E-state index is 12.8. The number of aryl methyl sites for hydroxylation is 2. The number of benzene rings is 1. The summed E-state index contributed by atoms with van der Waals surface area (Å²) in [6, 6.07) is 16.9. The molecule has 1 atom stereocenters. The molecular formula is C25H25N3O3S. The first kappa shape index (κ1) is 21.6. The Bertz CT molecular complexity index is 1230. The first-order valence-corrected chi connectivity index (χ1v) is 11.1. The van der Waals surface area contributed by atoms with Gasteiger partial charge in [0.25, 0.3) is 5.91 Å². The van der Waals surface area contributed by atoms with Crippen LogP contribution in [0.2, 0.25) is 0 Å². The highest BCUT2D eigenvalue weighted by Gasteiger charge is 2.26. The molecule has 4 aromatic rings. The average Bonchev–Trinajstić information content (AvgIpc) is 3.41. The molecule has 32 heavy (non-hydrogen) atoms. The van der Waals surface area contributed by atoms with Crippen LogP contribution in [0.5, 0.6) is 5.75 Å². The van der Waals surface area contributed by atoms with Gasteiger partial charge in [0.1, 0.15) is 16.6 Å². The molecule has 0 saturated heterocycles. The maximum Gasteiger partial charge on any atom is 0.291 e. The number of anilines is 2. The molecule has 2 N–H and O–H groups in total. The number of aromatic nitrogens is 1. The summed E-state index contributed by atoms with van der Waals surface area (Å²) in [6.07, 6.45) is 1.49. The second-order valence-corrected chi connectivity index (χ2v) is 8.70. The second-order valence-electron chi connectivity index (χ2n) is 7.48. The van der Waals surface area contributed by atoms with Crippen LogP contribution in [-0.4, -0.2) is 18.0 Å². The fraction of sp³-hybridized carbons (Fsp3) is 0.200. The first-order valence-electron chi connectivity index (χ1n) is 10.2. The summed E-state index contributed by atoms with van der Waals surface area (Å²) >= 11 is 1.55.